The van der Waals surface area contributed by atoms with Crippen molar-refractivity contribution in [2.45, 2.75) is 32.2 Å². The topological polar surface area (TPSA) is 82.4 Å². The molecule has 1 aliphatic rings. The van der Waals surface area contributed by atoms with E-state index in [2.05, 4.69) is 0 Å². The number of aromatic nitrogens is 1. The van der Waals surface area contributed by atoms with E-state index < -0.39 is 21.7 Å². The minimum Gasteiger partial charge on any atom is -0.457 e. The first-order valence-electron chi connectivity index (χ1n) is 11.0. The number of carbonyl (C=O) groups is 2. The van der Waals surface area contributed by atoms with E-state index in [4.69, 9.17) is 4.74 Å². The van der Waals surface area contributed by atoms with Gasteiger partial charge in [0.05, 0.1) is 11.5 Å². The van der Waals surface area contributed by atoms with Gasteiger partial charge in [-0.3, -0.25) is 9.59 Å². The zero-order valence-corrected chi connectivity index (χ0v) is 19.5. The molecule has 1 saturated heterocycles. The molecule has 2 aromatic carbocycles. The maximum Gasteiger partial charge on any atom is 0.318 e. The number of hydrogen-bond acceptors (Lipinski definition) is 5. The van der Waals surface area contributed by atoms with Gasteiger partial charge >= 0.3 is 5.97 Å². The molecule has 0 saturated carbocycles. The number of ketones is 1. The smallest absolute Gasteiger partial charge is 0.318 e. The molecule has 4 rings (SSSR count). The fraction of sp³-hybridized carbons (Fsp3) is 0.308. The van der Waals surface area contributed by atoms with E-state index in [1.54, 1.807) is 6.07 Å². The Kier molecular flexibility index (Phi) is 6.51. The Morgan fingerprint density at radius 2 is 1.58 bits per heavy atom. The summed E-state index contributed by atoms with van der Waals surface area (Å²) in [6, 6.07) is 20.3. The largest absolute Gasteiger partial charge is 0.457 e. The van der Waals surface area contributed by atoms with E-state index in [0.29, 0.717) is 17.7 Å². The van der Waals surface area contributed by atoms with Crippen LogP contribution in [0.3, 0.4) is 0 Å². The molecule has 0 unspecified atom stereocenters. The second kappa shape index (κ2) is 9.35. The number of Topliss-reactive ketones (excluding diaryl/α,β-unsaturated/α-hetero) is 1. The summed E-state index contributed by atoms with van der Waals surface area (Å²) in [5.74, 6) is -1.17. The second-order valence-corrected chi connectivity index (χ2v) is 10.7. The van der Waals surface area contributed by atoms with Gasteiger partial charge in [0.2, 0.25) is 5.78 Å². The van der Waals surface area contributed by atoms with Crippen LogP contribution in [-0.2, 0) is 19.4 Å². The van der Waals surface area contributed by atoms with Crippen LogP contribution in [0.15, 0.2) is 66.7 Å². The Bertz CT molecular complexity index is 1220. The van der Waals surface area contributed by atoms with Crippen LogP contribution >= 0.6 is 0 Å². The number of hydrogen-bond donors (Lipinski definition) is 0. The van der Waals surface area contributed by atoms with Crippen molar-refractivity contribution in [2.24, 2.45) is 0 Å². The SMILES string of the molecule is Cc1cc(C(=O)COC(=O)C(c2ccccc2)c2ccccc2)c(C)n1[C@H]1CCS(=O)(=O)C1. The normalized spacial score (nSPS) is 17.2. The molecular weight excluding hydrogens is 438 g/mol. The van der Waals surface area contributed by atoms with Gasteiger partial charge in [0.1, 0.15) is 5.92 Å². The van der Waals surface area contributed by atoms with Gasteiger partial charge in [0, 0.05) is 23.0 Å². The number of ether oxygens (including phenoxy) is 1. The lowest BCUT2D eigenvalue weighted by molar-refractivity contribution is -0.143. The summed E-state index contributed by atoms with van der Waals surface area (Å²) >= 11 is 0. The van der Waals surface area contributed by atoms with Gasteiger partial charge in [-0.15, -0.1) is 0 Å². The summed E-state index contributed by atoms with van der Waals surface area (Å²) in [6.45, 7) is 3.30. The van der Waals surface area contributed by atoms with Crippen molar-refractivity contribution in [3.05, 3.63) is 94.8 Å². The molecule has 33 heavy (non-hydrogen) atoms. The standard InChI is InChI=1S/C26H27NO5S/c1-18-15-23(19(2)27(18)22-13-14-33(30,31)17-22)24(28)16-32-26(29)25(20-9-5-3-6-10-20)21-11-7-4-8-12-21/h3-12,15,22,25H,13-14,16-17H2,1-2H3/t22-/m0/s1. The number of rotatable bonds is 7. The Labute approximate surface area is 194 Å². The molecule has 172 valence electrons. The van der Waals surface area contributed by atoms with Gasteiger partial charge in [-0.25, -0.2) is 8.42 Å². The maximum absolute atomic E-state index is 13.1. The molecule has 1 aliphatic heterocycles. The molecule has 7 heteroatoms. The van der Waals surface area contributed by atoms with Gasteiger partial charge in [-0.05, 0) is 37.5 Å². The third-order valence-corrected chi connectivity index (χ3v) is 7.96. The fourth-order valence-corrected chi connectivity index (χ4v) is 6.35. The highest BCUT2D eigenvalue weighted by molar-refractivity contribution is 7.91. The molecule has 1 fully saturated rings. The predicted molar refractivity (Wildman–Crippen MR) is 126 cm³/mol. The molecule has 0 amide bonds. The van der Waals surface area contributed by atoms with Crippen LogP contribution in [0.1, 0.15) is 51.3 Å². The molecule has 0 spiro atoms. The molecular formula is C26H27NO5S. The Hall–Kier alpha value is -3.19. The van der Waals surface area contributed by atoms with Crippen molar-refractivity contribution in [2.75, 3.05) is 18.1 Å². The van der Waals surface area contributed by atoms with Crippen LogP contribution in [0.4, 0.5) is 0 Å². The van der Waals surface area contributed by atoms with Crippen LogP contribution in [0.25, 0.3) is 0 Å². The summed E-state index contributed by atoms with van der Waals surface area (Å²) in [7, 11) is -3.05. The maximum atomic E-state index is 13.1. The highest BCUT2D eigenvalue weighted by Crippen LogP contribution is 2.30. The fourth-order valence-electron chi connectivity index (χ4n) is 4.65. The molecule has 3 aromatic rings. The zero-order valence-electron chi connectivity index (χ0n) is 18.7. The van der Waals surface area contributed by atoms with E-state index in [9.17, 15) is 18.0 Å². The van der Waals surface area contributed by atoms with E-state index in [0.717, 1.165) is 16.8 Å². The van der Waals surface area contributed by atoms with Crippen LogP contribution < -0.4 is 0 Å². The minimum atomic E-state index is -3.05. The predicted octanol–water partition coefficient (Wildman–Crippen LogP) is 4.02. The summed E-state index contributed by atoms with van der Waals surface area (Å²) in [6.07, 6.45) is 0.539. The quantitative estimate of drug-likeness (QED) is 0.389. The number of esters is 1. The number of nitrogens with zero attached hydrogens (tertiary/aromatic N) is 1. The number of benzene rings is 2. The van der Waals surface area contributed by atoms with Crippen molar-refractivity contribution in [1.82, 2.24) is 4.57 Å². The van der Waals surface area contributed by atoms with Gasteiger partial charge < -0.3 is 9.30 Å². The Morgan fingerprint density at radius 3 is 2.09 bits per heavy atom. The monoisotopic (exact) mass is 465 g/mol. The Balaban J connectivity index is 1.51. The highest BCUT2D eigenvalue weighted by atomic mass is 32.2. The van der Waals surface area contributed by atoms with Gasteiger partial charge in [0.25, 0.3) is 0 Å². The van der Waals surface area contributed by atoms with Gasteiger partial charge in [0.15, 0.2) is 16.4 Å². The molecule has 0 radical (unpaired) electrons. The lowest BCUT2D eigenvalue weighted by atomic mass is 9.91. The van der Waals surface area contributed by atoms with Crippen molar-refractivity contribution < 1.29 is 22.7 Å². The molecule has 6 nitrogen and oxygen atoms in total. The van der Waals surface area contributed by atoms with Crippen molar-refractivity contribution >= 4 is 21.6 Å². The van der Waals surface area contributed by atoms with Gasteiger partial charge in [-0.2, -0.15) is 0 Å². The van der Waals surface area contributed by atoms with E-state index in [1.807, 2.05) is 79.1 Å². The highest BCUT2D eigenvalue weighted by Gasteiger charge is 2.32. The summed E-state index contributed by atoms with van der Waals surface area (Å²) in [5, 5.41) is 0. The van der Waals surface area contributed by atoms with E-state index >= 15 is 0 Å². The van der Waals surface area contributed by atoms with Crippen molar-refractivity contribution in [1.29, 1.82) is 0 Å². The van der Waals surface area contributed by atoms with E-state index in [-0.39, 0.29) is 29.9 Å². The molecule has 1 aromatic heterocycles. The average molecular weight is 466 g/mol. The van der Waals surface area contributed by atoms with E-state index in [1.165, 1.54) is 0 Å². The molecule has 0 aliphatic carbocycles. The first-order chi connectivity index (χ1) is 15.8. The zero-order chi connectivity index (χ0) is 23.6. The molecule has 1 atom stereocenters. The summed E-state index contributed by atoms with van der Waals surface area (Å²) < 4.78 is 31.3. The van der Waals surface area contributed by atoms with Crippen molar-refractivity contribution in [3.8, 4) is 0 Å². The minimum absolute atomic E-state index is 0.0851. The first-order valence-corrected chi connectivity index (χ1v) is 12.8. The van der Waals surface area contributed by atoms with Crippen LogP contribution in [-0.4, -0.2) is 42.9 Å². The molecule has 0 bridgehead atoms. The lowest BCUT2D eigenvalue weighted by Gasteiger charge is -2.17. The first kappa shape index (κ1) is 23.0. The molecule has 0 N–H and O–H groups in total. The summed E-state index contributed by atoms with van der Waals surface area (Å²) in [5.41, 5.74) is 3.58. The van der Waals surface area contributed by atoms with Crippen molar-refractivity contribution in [3.63, 3.8) is 0 Å². The number of carbonyl (C=O) groups excluding carboxylic acids is 2. The van der Waals surface area contributed by atoms with Crippen LogP contribution in [0.5, 0.6) is 0 Å². The molecule has 2 heterocycles. The average Bonchev–Trinajstić information content (AvgIpc) is 3.31. The number of aryl methyl sites for hydroxylation is 1. The van der Waals surface area contributed by atoms with Crippen LogP contribution in [0, 0.1) is 13.8 Å². The van der Waals surface area contributed by atoms with Gasteiger partial charge in [-0.1, -0.05) is 60.7 Å². The Morgan fingerprint density at radius 1 is 1.00 bits per heavy atom. The third kappa shape index (κ3) is 4.93. The van der Waals surface area contributed by atoms with Crippen LogP contribution in [0.2, 0.25) is 0 Å². The number of sulfone groups is 1. The lowest BCUT2D eigenvalue weighted by Crippen LogP contribution is -2.21. The third-order valence-electron chi connectivity index (χ3n) is 6.21. The second-order valence-electron chi connectivity index (χ2n) is 8.50. The summed E-state index contributed by atoms with van der Waals surface area (Å²) in [4.78, 5) is 26.0.